The van der Waals surface area contributed by atoms with Gasteiger partial charge in [-0.15, -0.1) is 0 Å². The molecular weight excluding hydrogens is 269 g/mol. The molecular formula is C16H24FN3O. The van der Waals surface area contributed by atoms with Crippen LogP contribution in [0.1, 0.15) is 45.0 Å². The first-order valence-corrected chi connectivity index (χ1v) is 7.40. The van der Waals surface area contributed by atoms with E-state index in [1.54, 1.807) is 0 Å². The van der Waals surface area contributed by atoms with Crippen molar-refractivity contribution in [2.75, 3.05) is 18.4 Å². The lowest BCUT2D eigenvalue weighted by Gasteiger charge is -2.09. The number of anilines is 1. The van der Waals surface area contributed by atoms with Crippen molar-refractivity contribution >= 4 is 11.7 Å². The number of halogens is 1. The topological polar surface area (TPSA) is 54.0 Å². The molecule has 1 fully saturated rings. The molecule has 0 aliphatic heterocycles. The number of rotatable bonds is 5. The first-order valence-electron chi connectivity index (χ1n) is 7.40. The van der Waals surface area contributed by atoms with E-state index in [1.165, 1.54) is 12.3 Å². The van der Waals surface area contributed by atoms with E-state index in [-0.39, 0.29) is 28.1 Å². The molecule has 0 unspecified atom stereocenters. The number of hydrogen-bond donors (Lipinski definition) is 2. The zero-order chi connectivity index (χ0) is 15.8. The van der Waals surface area contributed by atoms with Crippen molar-refractivity contribution in [2.24, 2.45) is 16.7 Å². The molecule has 5 heteroatoms. The minimum Gasteiger partial charge on any atom is -0.368 e. The maximum absolute atomic E-state index is 14.2. The van der Waals surface area contributed by atoms with Crippen molar-refractivity contribution in [3.63, 3.8) is 0 Å². The summed E-state index contributed by atoms with van der Waals surface area (Å²) >= 11 is 0. The monoisotopic (exact) mass is 293 g/mol. The summed E-state index contributed by atoms with van der Waals surface area (Å²) < 4.78 is 14.2. The molecule has 1 aromatic heterocycles. The van der Waals surface area contributed by atoms with E-state index in [0.717, 1.165) is 0 Å². The summed E-state index contributed by atoms with van der Waals surface area (Å²) in [5.41, 5.74) is 0.440. The number of amides is 1. The Morgan fingerprint density at radius 3 is 2.48 bits per heavy atom. The van der Waals surface area contributed by atoms with Gasteiger partial charge in [0.1, 0.15) is 0 Å². The molecule has 1 amide bonds. The summed E-state index contributed by atoms with van der Waals surface area (Å²) in [6.07, 6.45) is 1.45. The van der Waals surface area contributed by atoms with Crippen LogP contribution < -0.4 is 10.6 Å². The third-order valence-electron chi connectivity index (χ3n) is 5.26. The van der Waals surface area contributed by atoms with Gasteiger partial charge in [-0.05, 0) is 29.7 Å². The molecule has 2 rings (SSSR count). The van der Waals surface area contributed by atoms with Gasteiger partial charge in [-0.25, -0.2) is 9.37 Å². The van der Waals surface area contributed by atoms with Gasteiger partial charge >= 0.3 is 0 Å². The average Bonchev–Trinajstić information content (AvgIpc) is 2.79. The molecule has 21 heavy (non-hydrogen) atoms. The summed E-state index contributed by atoms with van der Waals surface area (Å²) in [4.78, 5) is 16.1. The fourth-order valence-electron chi connectivity index (χ4n) is 3.04. The van der Waals surface area contributed by atoms with Gasteiger partial charge in [0.2, 0.25) is 0 Å². The quantitative estimate of drug-likeness (QED) is 0.877. The predicted octanol–water partition coefficient (Wildman–Crippen LogP) is 3.06. The molecule has 116 valence electrons. The molecule has 0 aromatic carbocycles. The van der Waals surface area contributed by atoms with Gasteiger partial charge in [0.25, 0.3) is 5.91 Å². The number of carbonyl (C=O) groups excluding carboxylic acids is 1. The minimum absolute atomic E-state index is 0.0391. The minimum atomic E-state index is -0.592. The fourth-order valence-corrected chi connectivity index (χ4v) is 3.04. The number of nitrogens with zero attached hydrogens (tertiary/aromatic N) is 1. The largest absolute Gasteiger partial charge is 0.368 e. The summed E-state index contributed by atoms with van der Waals surface area (Å²) in [7, 11) is 0. The van der Waals surface area contributed by atoms with E-state index < -0.39 is 5.82 Å². The number of carbonyl (C=O) groups is 1. The van der Waals surface area contributed by atoms with Crippen LogP contribution in [0.25, 0.3) is 0 Å². The van der Waals surface area contributed by atoms with E-state index in [2.05, 4.69) is 43.3 Å². The zero-order valence-electron chi connectivity index (χ0n) is 13.4. The van der Waals surface area contributed by atoms with Crippen LogP contribution in [0.2, 0.25) is 0 Å². The van der Waals surface area contributed by atoms with Crippen LogP contribution in [0.15, 0.2) is 12.3 Å². The second-order valence-corrected chi connectivity index (χ2v) is 6.76. The number of hydrogen-bond acceptors (Lipinski definition) is 3. The molecule has 1 aromatic rings. The van der Waals surface area contributed by atoms with Crippen molar-refractivity contribution < 1.29 is 9.18 Å². The number of pyridine rings is 1. The third-order valence-corrected chi connectivity index (χ3v) is 5.26. The van der Waals surface area contributed by atoms with E-state index in [9.17, 15) is 9.18 Å². The molecule has 0 bridgehead atoms. The fraction of sp³-hybridized carbons (Fsp3) is 0.625. The van der Waals surface area contributed by atoms with Gasteiger partial charge in [0.05, 0.1) is 5.56 Å². The third kappa shape index (κ3) is 2.61. The van der Waals surface area contributed by atoms with Gasteiger partial charge < -0.3 is 10.6 Å². The SMILES string of the molecule is CCNc1nccc(C(=O)NCC2C(C)(C)C2(C)C)c1F. The Labute approximate surface area is 125 Å². The first-order chi connectivity index (χ1) is 9.73. The highest BCUT2D eigenvalue weighted by Gasteiger charge is 2.64. The summed E-state index contributed by atoms with van der Waals surface area (Å²) in [5, 5.41) is 5.66. The Balaban J connectivity index is 2.04. The van der Waals surface area contributed by atoms with Crippen LogP contribution >= 0.6 is 0 Å². The van der Waals surface area contributed by atoms with E-state index in [4.69, 9.17) is 0 Å². The molecule has 0 saturated heterocycles. The van der Waals surface area contributed by atoms with Gasteiger partial charge in [-0.1, -0.05) is 27.7 Å². The second kappa shape index (κ2) is 5.28. The van der Waals surface area contributed by atoms with Crippen LogP contribution in [-0.2, 0) is 0 Å². The standard InChI is InChI=1S/C16H24FN3O/c1-6-18-13-12(17)10(7-8-19-13)14(21)20-9-11-15(2,3)16(11,4)5/h7-8,11H,6,9H2,1-5H3,(H,18,19)(H,20,21). The van der Waals surface area contributed by atoms with Crippen LogP contribution in [0.5, 0.6) is 0 Å². The molecule has 0 atom stereocenters. The summed E-state index contributed by atoms with van der Waals surface area (Å²) in [6, 6.07) is 1.41. The van der Waals surface area contributed by atoms with Crippen LogP contribution in [0.4, 0.5) is 10.2 Å². The number of nitrogens with one attached hydrogen (secondary N) is 2. The highest BCUT2D eigenvalue weighted by atomic mass is 19.1. The maximum atomic E-state index is 14.2. The van der Waals surface area contributed by atoms with Gasteiger partial charge in [0.15, 0.2) is 11.6 Å². The lowest BCUT2D eigenvalue weighted by molar-refractivity contribution is 0.0946. The molecule has 1 aliphatic carbocycles. The maximum Gasteiger partial charge on any atom is 0.254 e. The Morgan fingerprint density at radius 1 is 1.33 bits per heavy atom. The van der Waals surface area contributed by atoms with E-state index in [1.807, 2.05) is 6.92 Å². The Morgan fingerprint density at radius 2 is 1.95 bits per heavy atom. The first kappa shape index (κ1) is 15.7. The molecule has 4 nitrogen and oxygen atoms in total. The van der Waals surface area contributed by atoms with Gasteiger partial charge in [-0.2, -0.15) is 0 Å². The summed E-state index contributed by atoms with van der Waals surface area (Å²) in [5.74, 6) is -0.442. The predicted molar refractivity (Wildman–Crippen MR) is 81.7 cm³/mol. The molecule has 1 aliphatic rings. The molecule has 1 heterocycles. The molecule has 0 radical (unpaired) electrons. The lowest BCUT2D eigenvalue weighted by Crippen LogP contribution is -2.28. The van der Waals surface area contributed by atoms with Crippen molar-refractivity contribution in [3.8, 4) is 0 Å². The van der Waals surface area contributed by atoms with Crippen LogP contribution in [0, 0.1) is 22.6 Å². The van der Waals surface area contributed by atoms with Crippen molar-refractivity contribution in [2.45, 2.75) is 34.6 Å². The highest BCUT2D eigenvalue weighted by Crippen LogP contribution is 2.67. The second-order valence-electron chi connectivity index (χ2n) is 6.76. The zero-order valence-corrected chi connectivity index (χ0v) is 13.4. The molecule has 1 saturated carbocycles. The Kier molecular flexibility index (Phi) is 3.95. The molecule has 0 spiro atoms. The normalized spacial score (nSPS) is 19.1. The van der Waals surface area contributed by atoms with Crippen molar-refractivity contribution in [1.82, 2.24) is 10.3 Å². The van der Waals surface area contributed by atoms with Crippen LogP contribution in [0.3, 0.4) is 0 Å². The summed E-state index contributed by atoms with van der Waals surface area (Å²) in [6.45, 7) is 11.8. The molecule has 2 N–H and O–H groups in total. The van der Waals surface area contributed by atoms with E-state index >= 15 is 0 Å². The Hall–Kier alpha value is -1.65. The van der Waals surface area contributed by atoms with Gasteiger partial charge in [-0.3, -0.25) is 4.79 Å². The average molecular weight is 293 g/mol. The van der Waals surface area contributed by atoms with Gasteiger partial charge in [0, 0.05) is 19.3 Å². The van der Waals surface area contributed by atoms with E-state index in [0.29, 0.717) is 19.0 Å². The smallest absolute Gasteiger partial charge is 0.254 e. The van der Waals surface area contributed by atoms with Crippen molar-refractivity contribution in [3.05, 3.63) is 23.6 Å². The number of aromatic nitrogens is 1. The highest BCUT2D eigenvalue weighted by molar-refractivity contribution is 5.95. The lowest BCUT2D eigenvalue weighted by atomic mass is 10.0. The Bertz CT molecular complexity index is 540. The van der Waals surface area contributed by atoms with Crippen LogP contribution in [-0.4, -0.2) is 24.0 Å². The van der Waals surface area contributed by atoms with Crippen molar-refractivity contribution in [1.29, 1.82) is 0 Å².